The lowest BCUT2D eigenvalue weighted by atomic mass is 10.2. The molecule has 0 amide bonds. The standard InChI is InChI=1S/C18H15FN2O4/c1-12-20-21-17(25-12)11-24-18(22)15-4-2-3-5-16(15)23-10-13-6-8-14(19)9-7-13/h2-9H,10-11H2,1H3. The van der Waals surface area contributed by atoms with Crippen LogP contribution < -0.4 is 4.74 Å². The van der Waals surface area contributed by atoms with Crippen LogP contribution in [-0.4, -0.2) is 16.2 Å². The van der Waals surface area contributed by atoms with Crippen molar-refractivity contribution in [3.63, 3.8) is 0 Å². The number of hydrogen-bond acceptors (Lipinski definition) is 6. The molecule has 25 heavy (non-hydrogen) atoms. The Morgan fingerprint density at radius 1 is 1.08 bits per heavy atom. The quantitative estimate of drug-likeness (QED) is 0.639. The minimum atomic E-state index is -0.564. The topological polar surface area (TPSA) is 74.5 Å². The Kier molecular flexibility index (Phi) is 5.03. The van der Waals surface area contributed by atoms with E-state index in [4.69, 9.17) is 13.9 Å². The highest BCUT2D eigenvalue weighted by Crippen LogP contribution is 2.21. The predicted octanol–water partition coefficient (Wildman–Crippen LogP) is 3.45. The molecule has 0 atom stereocenters. The van der Waals surface area contributed by atoms with Gasteiger partial charge in [0.1, 0.15) is 23.7 Å². The van der Waals surface area contributed by atoms with Crippen LogP contribution in [0.25, 0.3) is 0 Å². The van der Waals surface area contributed by atoms with Crippen LogP contribution in [0.4, 0.5) is 4.39 Å². The van der Waals surface area contributed by atoms with Gasteiger partial charge in [-0.1, -0.05) is 24.3 Å². The molecule has 0 saturated carbocycles. The van der Waals surface area contributed by atoms with Gasteiger partial charge in [-0.2, -0.15) is 0 Å². The fraction of sp³-hybridized carbons (Fsp3) is 0.167. The van der Waals surface area contributed by atoms with E-state index < -0.39 is 5.97 Å². The number of aryl methyl sites for hydroxylation is 1. The maximum absolute atomic E-state index is 12.9. The normalized spacial score (nSPS) is 10.5. The Bertz CT molecular complexity index is 862. The zero-order chi connectivity index (χ0) is 17.6. The summed E-state index contributed by atoms with van der Waals surface area (Å²) in [7, 11) is 0. The van der Waals surface area contributed by atoms with Gasteiger partial charge in [-0.15, -0.1) is 10.2 Å². The molecule has 0 aliphatic heterocycles. The van der Waals surface area contributed by atoms with E-state index in [1.165, 1.54) is 12.1 Å². The smallest absolute Gasteiger partial charge is 0.342 e. The van der Waals surface area contributed by atoms with Gasteiger partial charge in [-0.3, -0.25) is 0 Å². The number of rotatable bonds is 6. The van der Waals surface area contributed by atoms with E-state index >= 15 is 0 Å². The number of nitrogens with zero attached hydrogens (tertiary/aromatic N) is 2. The average Bonchev–Trinajstić information content (AvgIpc) is 3.05. The van der Waals surface area contributed by atoms with Crippen molar-refractivity contribution in [2.24, 2.45) is 0 Å². The maximum Gasteiger partial charge on any atom is 0.342 e. The molecule has 0 spiro atoms. The molecule has 3 rings (SSSR count). The molecule has 1 aromatic heterocycles. The third-order valence-electron chi connectivity index (χ3n) is 3.31. The SMILES string of the molecule is Cc1nnc(COC(=O)c2ccccc2OCc2ccc(F)cc2)o1. The van der Waals surface area contributed by atoms with Crippen LogP contribution in [0.3, 0.4) is 0 Å². The Morgan fingerprint density at radius 3 is 2.56 bits per heavy atom. The lowest BCUT2D eigenvalue weighted by Crippen LogP contribution is -2.08. The van der Waals surface area contributed by atoms with E-state index in [1.807, 2.05) is 0 Å². The van der Waals surface area contributed by atoms with Gasteiger partial charge in [0.05, 0.1) is 0 Å². The van der Waals surface area contributed by atoms with E-state index in [-0.39, 0.29) is 30.5 Å². The third-order valence-corrected chi connectivity index (χ3v) is 3.31. The summed E-state index contributed by atoms with van der Waals surface area (Å²) in [6.07, 6.45) is 0. The van der Waals surface area contributed by atoms with Crippen LogP contribution in [0.2, 0.25) is 0 Å². The van der Waals surface area contributed by atoms with E-state index in [9.17, 15) is 9.18 Å². The number of hydrogen-bond donors (Lipinski definition) is 0. The molecule has 1 heterocycles. The number of carbonyl (C=O) groups is 1. The molecule has 6 nitrogen and oxygen atoms in total. The summed E-state index contributed by atoms with van der Waals surface area (Å²) in [5, 5.41) is 7.43. The second-order valence-electron chi connectivity index (χ2n) is 5.20. The summed E-state index contributed by atoms with van der Waals surface area (Å²) in [5.74, 6) is 0.109. The Morgan fingerprint density at radius 2 is 1.84 bits per heavy atom. The lowest BCUT2D eigenvalue weighted by molar-refractivity contribution is 0.0432. The summed E-state index contributed by atoms with van der Waals surface area (Å²) in [4.78, 5) is 12.3. The average molecular weight is 342 g/mol. The zero-order valence-electron chi connectivity index (χ0n) is 13.4. The molecule has 128 valence electrons. The summed E-state index contributed by atoms with van der Waals surface area (Å²) in [5.41, 5.74) is 1.06. The number of halogens is 1. The fourth-order valence-electron chi connectivity index (χ4n) is 2.10. The number of para-hydroxylation sites is 1. The number of aromatic nitrogens is 2. The van der Waals surface area contributed by atoms with Crippen molar-refractivity contribution in [1.82, 2.24) is 10.2 Å². The lowest BCUT2D eigenvalue weighted by Gasteiger charge is -2.10. The van der Waals surface area contributed by atoms with E-state index in [0.29, 0.717) is 11.6 Å². The van der Waals surface area contributed by atoms with Gasteiger partial charge in [0.2, 0.25) is 5.89 Å². The monoisotopic (exact) mass is 342 g/mol. The van der Waals surface area contributed by atoms with Gasteiger partial charge < -0.3 is 13.9 Å². The minimum absolute atomic E-state index is 0.119. The molecule has 0 radical (unpaired) electrons. The molecular formula is C18H15FN2O4. The number of ether oxygens (including phenoxy) is 2. The molecule has 0 bridgehead atoms. The first-order valence-corrected chi connectivity index (χ1v) is 7.54. The highest BCUT2D eigenvalue weighted by atomic mass is 19.1. The number of benzene rings is 2. The first kappa shape index (κ1) is 16.6. The third kappa shape index (κ3) is 4.41. The maximum atomic E-state index is 12.9. The van der Waals surface area contributed by atoms with Crippen LogP contribution in [0, 0.1) is 12.7 Å². The summed E-state index contributed by atoms with van der Waals surface area (Å²) >= 11 is 0. The van der Waals surface area contributed by atoms with Gasteiger partial charge in [0, 0.05) is 6.92 Å². The molecule has 0 N–H and O–H groups in total. The van der Waals surface area contributed by atoms with Crippen LogP contribution in [0.1, 0.15) is 27.7 Å². The van der Waals surface area contributed by atoms with Gasteiger partial charge >= 0.3 is 5.97 Å². The fourth-order valence-corrected chi connectivity index (χ4v) is 2.10. The second-order valence-corrected chi connectivity index (χ2v) is 5.20. The van der Waals surface area contributed by atoms with Crippen molar-refractivity contribution in [3.8, 4) is 5.75 Å². The predicted molar refractivity (Wildman–Crippen MR) is 85.3 cm³/mol. The molecule has 0 fully saturated rings. The summed E-state index contributed by atoms with van der Waals surface area (Å²) < 4.78 is 28.9. The molecule has 0 aliphatic carbocycles. The molecule has 0 unspecified atom stereocenters. The molecular weight excluding hydrogens is 327 g/mol. The van der Waals surface area contributed by atoms with Crippen LogP contribution in [0.15, 0.2) is 52.9 Å². The van der Waals surface area contributed by atoms with Crippen LogP contribution in [0.5, 0.6) is 5.75 Å². The van der Waals surface area contributed by atoms with Crippen LogP contribution >= 0.6 is 0 Å². The van der Waals surface area contributed by atoms with Crippen molar-refractivity contribution >= 4 is 5.97 Å². The Balaban J connectivity index is 1.65. The van der Waals surface area contributed by atoms with E-state index in [1.54, 1.807) is 43.3 Å². The van der Waals surface area contributed by atoms with Gasteiger partial charge in [-0.25, -0.2) is 9.18 Å². The van der Waals surface area contributed by atoms with Gasteiger partial charge in [-0.05, 0) is 29.8 Å². The summed E-state index contributed by atoms with van der Waals surface area (Å²) in [6, 6.07) is 12.7. The zero-order valence-corrected chi connectivity index (χ0v) is 13.4. The molecule has 3 aromatic rings. The van der Waals surface area contributed by atoms with Gasteiger partial charge in [0.15, 0.2) is 6.61 Å². The van der Waals surface area contributed by atoms with E-state index in [0.717, 1.165) is 5.56 Å². The second kappa shape index (κ2) is 7.57. The highest BCUT2D eigenvalue weighted by Gasteiger charge is 2.15. The first-order valence-electron chi connectivity index (χ1n) is 7.54. The van der Waals surface area contributed by atoms with Crippen LogP contribution in [-0.2, 0) is 18.0 Å². The van der Waals surface area contributed by atoms with Crippen molar-refractivity contribution < 1.29 is 23.1 Å². The van der Waals surface area contributed by atoms with Crippen molar-refractivity contribution in [3.05, 3.63) is 77.3 Å². The first-order chi connectivity index (χ1) is 12.1. The number of carbonyl (C=O) groups excluding carboxylic acids is 1. The Labute approximate surface area is 143 Å². The molecule has 0 aliphatic rings. The van der Waals surface area contributed by atoms with E-state index in [2.05, 4.69) is 10.2 Å². The number of esters is 1. The molecule has 7 heteroatoms. The Hall–Kier alpha value is -3.22. The minimum Gasteiger partial charge on any atom is -0.488 e. The van der Waals surface area contributed by atoms with Gasteiger partial charge in [0.25, 0.3) is 5.89 Å². The van der Waals surface area contributed by atoms with Crippen molar-refractivity contribution in [1.29, 1.82) is 0 Å². The van der Waals surface area contributed by atoms with Crippen molar-refractivity contribution in [2.75, 3.05) is 0 Å². The molecule has 2 aromatic carbocycles. The summed E-state index contributed by atoms with van der Waals surface area (Å²) in [6.45, 7) is 1.73. The largest absolute Gasteiger partial charge is 0.488 e. The van der Waals surface area contributed by atoms with Crippen molar-refractivity contribution in [2.45, 2.75) is 20.1 Å². The molecule has 0 saturated heterocycles. The highest BCUT2D eigenvalue weighted by molar-refractivity contribution is 5.92.